The van der Waals surface area contributed by atoms with Gasteiger partial charge in [-0.05, 0) is 50.4 Å². The number of hydrogen-bond acceptors (Lipinski definition) is 2. The maximum atomic E-state index is 10.9. The molecular weight excluding hydrogens is 238 g/mol. The van der Waals surface area contributed by atoms with E-state index in [1.807, 2.05) is 12.1 Å². The van der Waals surface area contributed by atoms with Crippen LogP contribution in [0.1, 0.15) is 61.5 Å². The van der Waals surface area contributed by atoms with Gasteiger partial charge in [-0.15, -0.1) is 0 Å². The van der Waals surface area contributed by atoms with Crippen LogP contribution in [-0.4, -0.2) is 28.6 Å². The monoisotopic (exact) mass is 261 g/mol. The Morgan fingerprint density at radius 3 is 2.63 bits per heavy atom. The molecule has 1 aliphatic heterocycles. The van der Waals surface area contributed by atoms with E-state index >= 15 is 0 Å². The Morgan fingerprint density at radius 2 is 2.05 bits per heavy atom. The average Bonchev–Trinajstić information content (AvgIpc) is 2.46. The molecule has 0 aromatic heterocycles. The van der Waals surface area contributed by atoms with Gasteiger partial charge in [0.05, 0.1) is 5.56 Å². The second-order valence-corrected chi connectivity index (χ2v) is 5.43. The Labute approximate surface area is 115 Å². The lowest BCUT2D eigenvalue weighted by Crippen LogP contribution is -2.39. The van der Waals surface area contributed by atoms with Crippen LogP contribution >= 0.6 is 0 Å². The van der Waals surface area contributed by atoms with Crippen LogP contribution in [0.4, 0.5) is 0 Å². The summed E-state index contributed by atoms with van der Waals surface area (Å²) in [6.45, 7) is 5.66. The first kappa shape index (κ1) is 14.1. The highest BCUT2D eigenvalue weighted by molar-refractivity contribution is 5.87. The first-order valence-corrected chi connectivity index (χ1v) is 7.22. The standard InChI is InChI=1S/C16H23NO2/c1-3-12(2)17-11-5-4-6-15(17)13-7-9-14(10-8-13)16(18)19/h7-10,12,15H,3-6,11H2,1-2H3,(H,18,19). The van der Waals surface area contributed by atoms with Crippen LogP contribution in [0.2, 0.25) is 0 Å². The molecule has 19 heavy (non-hydrogen) atoms. The molecule has 0 saturated carbocycles. The minimum Gasteiger partial charge on any atom is -0.478 e. The second-order valence-electron chi connectivity index (χ2n) is 5.43. The molecule has 1 aromatic rings. The van der Waals surface area contributed by atoms with Crippen LogP contribution in [0, 0.1) is 0 Å². The lowest BCUT2D eigenvalue weighted by atomic mass is 9.93. The fourth-order valence-electron chi connectivity index (χ4n) is 2.92. The van der Waals surface area contributed by atoms with Crippen molar-refractivity contribution in [3.63, 3.8) is 0 Å². The molecule has 0 spiro atoms. The fraction of sp³-hybridized carbons (Fsp3) is 0.562. The molecule has 1 saturated heterocycles. The molecule has 0 radical (unpaired) electrons. The van der Waals surface area contributed by atoms with Gasteiger partial charge in [0.2, 0.25) is 0 Å². The number of likely N-dealkylation sites (tertiary alicyclic amines) is 1. The van der Waals surface area contributed by atoms with Gasteiger partial charge in [0.25, 0.3) is 0 Å². The summed E-state index contributed by atoms with van der Waals surface area (Å²) >= 11 is 0. The zero-order valence-corrected chi connectivity index (χ0v) is 11.8. The summed E-state index contributed by atoms with van der Waals surface area (Å²) in [5, 5.41) is 8.95. The number of aromatic carboxylic acids is 1. The Kier molecular flexibility index (Phi) is 4.59. The molecule has 3 nitrogen and oxygen atoms in total. The van der Waals surface area contributed by atoms with Gasteiger partial charge in [0, 0.05) is 12.1 Å². The van der Waals surface area contributed by atoms with Gasteiger partial charge in [-0.25, -0.2) is 4.79 Å². The summed E-state index contributed by atoms with van der Waals surface area (Å²) in [4.78, 5) is 13.5. The van der Waals surface area contributed by atoms with Crippen molar-refractivity contribution < 1.29 is 9.90 Å². The molecule has 104 valence electrons. The summed E-state index contributed by atoms with van der Waals surface area (Å²) < 4.78 is 0. The van der Waals surface area contributed by atoms with E-state index in [1.165, 1.54) is 24.8 Å². The summed E-state index contributed by atoms with van der Waals surface area (Å²) in [5.41, 5.74) is 1.62. The molecule has 0 bridgehead atoms. The number of carboxylic acid groups (broad SMARTS) is 1. The maximum Gasteiger partial charge on any atom is 0.335 e. The molecule has 2 rings (SSSR count). The molecule has 2 unspecified atom stereocenters. The number of nitrogens with zero attached hydrogens (tertiary/aromatic N) is 1. The molecule has 1 fully saturated rings. The van der Waals surface area contributed by atoms with Crippen LogP contribution in [-0.2, 0) is 0 Å². The van der Waals surface area contributed by atoms with Crippen molar-refractivity contribution in [3.05, 3.63) is 35.4 Å². The van der Waals surface area contributed by atoms with E-state index in [9.17, 15) is 4.79 Å². The van der Waals surface area contributed by atoms with Gasteiger partial charge < -0.3 is 5.11 Å². The van der Waals surface area contributed by atoms with Gasteiger partial charge in [-0.1, -0.05) is 25.5 Å². The highest BCUT2D eigenvalue weighted by Gasteiger charge is 2.26. The number of carbonyl (C=O) groups is 1. The number of hydrogen-bond donors (Lipinski definition) is 1. The van der Waals surface area contributed by atoms with Crippen molar-refractivity contribution in [1.82, 2.24) is 4.90 Å². The van der Waals surface area contributed by atoms with E-state index < -0.39 is 5.97 Å². The van der Waals surface area contributed by atoms with E-state index in [0.717, 1.165) is 13.0 Å². The third-order valence-corrected chi connectivity index (χ3v) is 4.24. The van der Waals surface area contributed by atoms with Gasteiger partial charge in [0.15, 0.2) is 0 Å². The summed E-state index contributed by atoms with van der Waals surface area (Å²) in [6, 6.07) is 8.45. The zero-order chi connectivity index (χ0) is 13.8. The van der Waals surface area contributed by atoms with Gasteiger partial charge in [-0.2, -0.15) is 0 Å². The first-order valence-electron chi connectivity index (χ1n) is 7.22. The minimum absolute atomic E-state index is 0.370. The molecule has 2 atom stereocenters. The number of piperidine rings is 1. The molecular formula is C16H23NO2. The Bertz CT molecular complexity index is 427. The Morgan fingerprint density at radius 1 is 1.37 bits per heavy atom. The number of benzene rings is 1. The normalized spacial score (nSPS) is 22.1. The zero-order valence-electron chi connectivity index (χ0n) is 11.8. The van der Waals surface area contributed by atoms with E-state index in [1.54, 1.807) is 12.1 Å². The highest BCUT2D eigenvalue weighted by Crippen LogP contribution is 2.33. The molecule has 0 amide bonds. The third kappa shape index (κ3) is 3.16. The van der Waals surface area contributed by atoms with Crippen molar-refractivity contribution in [2.24, 2.45) is 0 Å². The summed E-state index contributed by atoms with van der Waals surface area (Å²) in [5.74, 6) is -0.853. The van der Waals surface area contributed by atoms with Crippen LogP contribution in [0.5, 0.6) is 0 Å². The average molecular weight is 261 g/mol. The van der Waals surface area contributed by atoms with Crippen LogP contribution in [0.3, 0.4) is 0 Å². The first-order chi connectivity index (χ1) is 9.13. The lowest BCUT2D eigenvalue weighted by Gasteiger charge is -2.40. The van der Waals surface area contributed by atoms with Crippen LogP contribution < -0.4 is 0 Å². The SMILES string of the molecule is CCC(C)N1CCCCC1c1ccc(C(=O)O)cc1. The van der Waals surface area contributed by atoms with Gasteiger partial charge in [-0.3, -0.25) is 4.90 Å². The van der Waals surface area contributed by atoms with E-state index in [2.05, 4.69) is 18.7 Å². The number of rotatable bonds is 4. The van der Waals surface area contributed by atoms with Crippen molar-refractivity contribution in [1.29, 1.82) is 0 Å². The molecule has 1 aliphatic rings. The van der Waals surface area contributed by atoms with Crippen LogP contribution in [0.15, 0.2) is 24.3 Å². The molecule has 1 aromatic carbocycles. The van der Waals surface area contributed by atoms with E-state index in [4.69, 9.17) is 5.11 Å². The Hall–Kier alpha value is -1.35. The molecule has 3 heteroatoms. The van der Waals surface area contributed by atoms with Crippen molar-refractivity contribution in [2.75, 3.05) is 6.54 Å². The smallest absolute Gasteiger partial charge is 0.335 e. The summed E-state index contributed by atoms with van der Waals surface area (Å²) in [6.07, 6.45) is 4.87. The van der Waals surface area contributed by atoms with Crippen molar-refractivity contribution in [2.45, 2.75) is 51.6 Å². The topological polar surface area (TPSA) is 40.5 Å². The van der Waals surface area contributed by atoms with Crippen molar-refractivity contribution >= 4 is 5.97 Å². The number of carboxylic acids is 1. The third-order valence-electron chi connectivity index (χ3n) is 4.24. The molecule has 1 N–H and O–H groups in total. The maximum absolute atomic E-state index is 10.9. The lowest BCUT2D eigenvalue weighted by molar-refractivity contribution is 0.0696. The minimum atomic E-state index is -0.853. The molecule has 1 heterocycles. The molecule has 0 aliphatic carbocycles. The quantitative estimate of drug-likeness (QED) is 0.898. The van der Waals surface area contributed by atoms with Gasteiger partial charge >= 0.3 is 5.97 Å². The van der Waals surface area contributed by atoms with Gasteiger partial charge in [0.1, 0.15) is 0 Å². The fourth-order valence-corrected chi connectivity index (χ4v) is 2.92. The van der Waals surface area contributed by atoms with E-state index in [0.29, 0.717) is 17.6 Å². The van der Waals surface area contributed by atoms with Crippen molar-refractivity contribution in [3.8, 4) is 0 Å². The van der Waals surface area contributed by atoms with Crippen LogP contribution in [0.25, 0.3) is 0 Å². The second kappa shape index (κ2) is 6.20. The largest absolute Gasteiger partial charge is 0.478 e. The highest BCUT2D eigenvalue weighted by atomic mass is 16.4. The predicted molar refractivity (Wildman–Crippen MR) is 76.5 cm³/mol. The Balaban J connectivity index is 2.19. The summed E-state index contributed by atoms with van der Waals surface area (Å²) in [7, 11) is 0. The predicted octanol–water partition coefficient (Wildman–Crippen LogP) is 3.71. The van der Waals surface area contributed by atoms with E-state index in [-0.39, 0.29) is 0 Å².